The summed E-state index contributed by atoms with van der Waals surface area (Å²) >= 11 is 0. The largest absolute Gasteiger partial charge is 0.493 e. The van der Waals surface area contributed by atoms with Gasteiger partial charge >= 0.3 is 0 Å². The third-order valence-electron chi connectivity index (χ3n) is 7.56. The van der Waals surface area contributed by atoms with Crippen molar-refractivity contribution in [3.63, 3.8) is 0 Å². The van der Waals surface area contributed by atoms with Gasteiger partial charge in [-0.2, -0.15) is 0 Å². The maximum absolute atomic E-state index is 11.1. The van der Waals surface area contributed by atoms with E-state index in [4.69, 9.17) is 33.2 Å². The van der Waals surface area contributed by atoms with Crippen molar-refractivity contribution in [2.24, 2.45) is 0 Å². The predicted octanol–water partition coefficient (Wildman–Crippen LogP) is 3.34. The molecule has 0 bridgehead atoms. The van der Waals surface area contributed by atoms with Crippen LogP contribution in [0.3, 0.4) is 0 Å². The summed E-state index contributed by atoms with van der Waals surface area (Å²) in [6.45, 7) is -0.648. The van der Waals surface area contributed by atoms with Gasteiger partial charge in [-0.3, -0.25) is 0 Å². The van der Waals surface area contributed by atoms with Gasteiger partial charge in [0, 0.05) is 17.7 Å². The molecule has 0 radical (unpaired) electrons. The van der Waals surface area contributed by atoms with Crippen LogP contribution in [-0.2, 0) is 6.42 Å². The number of rotatable bonds is 15. The quantitative estimate of drug-likeness (QED) is 0.204. The fourth-order valence-electron chi connectivity index (χ4n) is 5.32. The minimum absolute atomic E-state index is 0.0679. The van der Waals surface area contributed by atoms with Crippen molar-refractivity contribution < 1.29 is 53.6 Å². The minimum atomic E-state index is -1.24. The van der Waals surface area contributed by atoms with E-state index in [0.717, 1.165) is 11.1 Å². The molecule has 4 N–H and O–H groups in total. The highest BCUT2D eigenvalue weighted by Crippen LogP contribution is 2.53. The van der Waals surface area contributed by atoms with Crippen molar-refractivity contribution in [1.82, 2.24) is 0 Å². The molecule has 0 aromatic heterocycles. The number of methoxy groups -OCH3 is 5. The first kappa shape index (κ1) is 32.0. The van der Waals surface area contributed by atoms with Crippen molar-refractivity contribution in [2.45, 2.75) is 37.1 Å². The van der Waals surface area contributed by atoms with Gasteiger partial charge in [-0.05, 0) is 54.3 Å². The SMILES string of the molecule is COc1ccc(C(O)C(CO)Oc2c(OC)cc(C3Oc4c(OC)cc(CCCO)cc4C3CO)cc2OC)cc1OC. The second-order valence-electron chi connectivity index (χ2n) is 10.0. The second-order valence-corrected chi connectivity index (χ2v) is 10.0. The van der Waals surface area contributed by atoms with Crippen LogP contribution in [0, 0.1) is 0 Å². The Morgan fingerprint density at radius 3 is 1.98 bits per heavy atom. The van der Waals surface area contributed by atoms with Crippen molar-refractivity contribution in [1.29, 1.82) is 0 Å². The lowest BCUT2D eigenvalue weighted by atomic mass is 9.90. The lowest BCUT2D eigenvalue weighted by Crippen LogP contribution is -2.29. The van der Waals surface area contributed by atoms with E-state index < -0.39 is 30.8 Å². The molecule has 11 nitrogen and oxygen atoms in total. The fraction of sp³-hybridized carbons (Fsp3) is 0.438. The van der Waals surface area contributed by atoms with Crippen LogP contribution in [0.1, 0.15) is 46.8 Å². The Balaban J connectivity index is 1.67. The average molecular weight is 601 g/mol. The molecule has 4 atom stereocenters. The van der Waals surface area contributed by atoms with Crippen LogP contribution in [0.5, 0.6) is 40.2 Å². The third kappa shape index (κ3) is 6.54. The summed E-state index contributed by atoms with van der Waals surface area (Å²) in [7, 11) is 7.50. The van der Waals surface area contributed by atoms with Gasteiger partial charge < -0.3 is 53.6 Å². The number of aliphatic hydroxyl groups excluding tert-OH is 4. The van der Waals surface area contributed by atoms with Crippen LogP contribution >= 0.6 is 0 Å². The molecule has 0 spiro atoms. The molecule has 0 amide bonds. The number of hydrogen-bond donors (Lipinski definition) is 4. The van der Waals surface area contributed by atoms with E-state index in [1.165, 1.54) is 28.4 Å². The molecule has 1 aliphatic heterocycles. The molecule has 0 saturated heterocycles. The molecular formula is C32H40O11. The van der Waals surface area contributed by atoms with Gasteiger partial charge in [0.1, 0.15) is 12.2 Å². The van der Waals surface area contributed by atoms with Crippen LogP contribution in [-0.4, -0.2) is 81.9 Å². The van der Waals surface area contributed by atoms with Gasteiger partial charge in [0.05, 0.1) is 54.7 Å². The maximum Gasteiger partial charge on any atom is 0.204 e. The lowest BCUT2D eigenvalue weighted by molar-refractivity contribution is -0.00180. The van der Waals surface area contributed by atoms with Gasteiger partial charge in [-0.25, -0.2) is 0 Å². The molecule has 4 unspecified atom stereocenters. The highest BCUT2D eigenvalue weighted by molar-refractivity contribution is 5.58. The fourth-order valence-corrected chi connectivity index (χ4v) is 5.32. The summed E-state index contributed by atoms with van der Waals surface area (Å²) in [5.41, 5.74) is 2.86. The van der Waals surface area contributed by atoms with Gasteiger partial charge in [0.2, 0.25) is 5.75 Å². The number of hydrogen-bond acceptors (Lipinski definition) is 11. The first-order valence-electron chi connectivity index (χ1n) is 13.9. The number of benzene rings is 3. The minimum Gasteiger partial charge on any atom is -0.493 e. The van der Waals surface area contributed by atoms with Gasteiger partial charge in [-0.1, -0.05) is 12.1 Å². The molecule has 4 rings (SSSR count). The van der Waals surface area contributed by atoms with E-state index >= 15 is 0 Å². The highest BCUT2D eigenvalue weighted by atomic mass is 16.6. The van der Waals surface area contributed by atoms with Crippen molar-refractivity contribution >= 4 is 0 Å². The van der Waals surface area contributed by atoms with Gasteiger partial charge in [0.25, 0.3) is 0 Å². The summed E-state index contributed by atoms with van der Waals surface area (Å²) in [6.07, 6.45) is -1.69. The first-order valence-corrected chi connectivity index (χ1v) is 13.9. The summed E-state index contributed by atoms with van der Waals surface area (Å²) < 4.78 is 40.1. The Labute approximate surface area is 251 Å². The standard InChI is InChI=1S/C32H40O11/c1-37-23-9-8-19(13-24(23)38-2)29(36)28(17-35)42-32-26(40-4)14-20(15-27(32)41-5)30-22(16-34)21-11-18(7-6-10-33)12-25(39-3)31(21)43-30/h8-9,11-15,22,28-30,33-36H,6-7,10,16-17H2,1-5H3. The van der Waals surface area contributed by atoms with Crippen LogP contribution in [0.15, 0.2) is 42.5 Å². The zero-order valence-electron chi connectivity index (χ0n) is 25.0. The zero-order valence-corrected chi connectivity index (χ0v) is 25.0. The van der Waals surface area contributed by atoms with E-state index in [0.29, 0.717) is 47.0 Å². The molecular weight excluding hydrogens is 560 g/mol. The molecule has 3 aromatic rings. The Bertz CT molecular complexity index is 1350. The molecule has 1 heterocycles. The molecule has 43 heavy (non-hydrogen) atoms. The maximum atomic E-state index is 11.1. The number of aliphatic hydroxyl groups is 4. The lowest BCUT2D eigenvalue weighted by Gasteiger charge is -2.26. The molecule has 0 saturated carbocycles. The molecule has 0 fully saturated rings. The summed E-state index contributed by atoms with van der Waals surface area (Å²) in [5, 5.41) is 41.1. The van der Waals surface area contributed by atoms with Gasteiger partial charge in [-0.15, -0.1) is 0 Å². The molecule has 3 aromatic carbocycles. The van der Waals surface area contributed by atoms with Crippen LogP contribution in [0.25, 0.3) is 0 Å². The Kier molecular flexibility index (Phi) is 10.8. The van der Waals surface area contributed by atoms with E-state index in [1.54, 1.807) is 37.4 Å². The zero-order chi connectivity index (χ0) is 31.1. The van der Waals surface area contributed by atoms with E-state index in [-0.39, 0.29) is 30.5 Å². The van der Waals surface area contributed by atoms with Crippen LogP contribution < -0.4 is 33.2 Å². The van der Waals surface area contributed by atoms with Crippen molar-refractivity contribution in [2.75, 3.05) is 55.4 Å². The Morgan fingerprint density at radius 1 is 0.767 bits per heavy atom. The average Bonchev–Trinajstić information content (AvgIpc) is 3.43. The molecule has 234 valence electrons. The number of ether oxygens (including phenoxy) is 7. The van der Waals surface area contributed by atoms with E-state index in [1.807, 2.05) is 12.1 Å². The predicted molar refractivity (Wildman–Crippen MR) is 157 cm³/mol. The highest BCUT2D eigenvalue weighted by Gasteiger charge is 2.39. The summed E-state index contributed by atoms with van der Waals surface area (Å²) in [4.78, 5) is 0. The molecule has 0 aliphatic carbocycles. The number of aryl methyl sites for hydroxylation is 1. The molecule has 11 heteroatoms. The van der Waals surface area contributed by atoms with Crippen molar-refractivity contribution in [3.8, 4) is 40.2 Å². The summed E-state index contributed by atoms with van der Waals surface area (Å²) in [5.74, 6) is 2.30. The first-order chi connectivity index (χ1) is 20.9. The third-order valence-corrected chi connectivity index (χ3v) is 7.56. The summed E-state index contributed by atoms with van der Waals surface area (Å²) in [6, 6.07) is 12.2. The number of fused-ring (bicyclic) bond motifs is 1. The van der Waals surface area contributed by atoms with Crippen molar-refractivity contribution in [3.05, 3.63) is 64.7 Å². The monoisotopic (exact) mass is 600 g/mol. The molecule has 1 aliphatic rings. The van der Waals surface area contributed by atoms with E-state index in [9.17, 15) is 20.4 Å². The van der Waals surface area contributed by atoms with Crippen LogP contribution in [0.4, 0.5) is 0 Å². The topological polar surface area (TPSA) is 146 Å². The Hall–Kier alpha value is -3.90. The normalized spacial score (nSPS) is 17.0. The smallest absolute Gasteiger partial charge is 0.204 e. The Morgan fingerprint density at radius 2 is 1.42 bits per heavy atom. The van der Waals surface area contributed by atoms with E-state index in [2.05, 4.69) is 0 Å². The van der Waals surface area contributed by atoms with Crippen LogP contribution in [0.2, 0.25) is 0 Å². The second kappa shape index (κ2) is 14.5. The van der Waals surface area contributed by atoms with Gasteiger partial charge in [0.15, 0.2) is 40.6 Å².